The largest absolute Gasteiger partial charge is 0.461 e. The summed E-state index contributed by atoms with van der Waals surface area (Å²) in [4.78, 5) is 15.4. The molecule has 1 saturated carbocycles. The predicted molar refractivity (Wildman–Crippen MR) is 97.5 cm³/mol. The van der Waals surface area contributed by atoms with Gasteiger partial charge in [-0.1, -0.05) is 48.5 Å². The highest BCUT2D eigenvalue weighted by atomic mass is 16.6. The fourth-order valence-electron chi connectivity index (χ4n) is 5.37. The van der Waals surface area contributed by atoms with E-state index in [1.165, 1.54) is 0 Å². The van der Waals surface area contributed by atoms with E-state index < -0.39 is 11.2 Å². The molecule has 0 aromatic heterocycles. The van der Waals surface area contributed by atoms with Crippen LogP contribution in [0.5, 0.6) is 5.75 Å². The minimum atomic E-state index is -1.26. The number of fused-ring (bicyclic) bond motifs is 1. The zero-order chi connectivity index (χ0) is 17.8. The van der Waals surface area contributed by atoms with Gasteiger partial charge in [0.1, 0.15) is 5.75 Å². The van der Waals surface area contributed by atoms with E-state index in [9.17, 15) is 9.90 Å². The van der Waals surface area contributed by atoms with Crippen molar-refractivity contribution >= 4 is 5.91 Å². The molecule has 1 amide bonds. The van der Waals surface area contributed by atoms with Crippen LogP contribution in [-0.2, 0) is 16.8 Å². The van der Waals surface area contributed by atoms with E-state index in [2.05, 4.69) is 12.1 Å². The van der Waals surface area contributed by atoms with Crippen LogP contribution in [0, 0.1) is 5.92 Å². The molecule has 1 saturated heterocycles. The molecule has 26 heavy (non-hydrogen) atoms. The minimum absolute atomic E-state index is 0.151. The Labute approximate surface area is 153 Å². The molecule has 2 aliphatic heterocycles. The van der Waals surface area contributed by atoms with Crippen LogP contribution in [0.3, 0.4) is 0 Å². The monoisotopic (exact) mass is 349 g/mol. The normalized spacial score (nSPS) is 32.4. The highest BCUT2D eigenvalue weighted by molar-refractivity contribution is 5.83. The van der Waals surface area contributed by atoms with E-state index in [0.717, 1.165) is 36.1 Å². The van der Waals surface area contributed by atoms with E-state index in [0.29, 0.717) is 19.5 Å². The van der Waals surface area contributed by atoms with Gasteiger partial charge in [0.25, 0.3) is 0 Å². The second kappa shape index (κ2) is 5.58. The first-order valence-corrected chi connectivity index (χ1v) is 9.48. The van der Waals surface area contributed by atoms with Gasteiger partial charge < -0.3 is 14.7 Å². The number of hydrogen-bond donors (Lipinski definition) is 1. The average Bonchev–Trinajstić information content (AvgIpc) is 2.92. The Morgan fingerprint density at radius 2 is 1.85 bits per heavy atom. The van der Waals surface area contributed by atoms with Gasteiger partial charge in [-0.25, -0.2) is 0 Å². The molecule has 2 fully saturated rings. The third-order valence-electron chi connectivity index (χ3n) is 6.55. The van der Waals surface area contributed by atoms with Gasteiger partial charge in [0.2, 0.25) is 11.7 Å². The predicted octanol–water partition coefficient (Wildman–Crippen LogP) is 3.24. The molecule has 3 atom stereocenters. The molecule has 4 heteroatoms. The van der Waals surface area contributed by atoms with Gasteiger partial charge in [-0.3, -0.25) is 4.79 Å². The third-order valence-corrected chi connectivity index (χ3v) is 6.55. The lowest BCUT2D eigenvalue weighted by Gasteiger charge is -2.53. The first kappa shape index (κ1) is 15.9. The topological polar surface area (TPSA) is 49.8 Å². The van der Waals surface area contributed by atoms with Crippen LogP contribution in [-0.4, -0.2) is 28.2 Å². The lowest BCUT2D eigenvalue weighted by Crippen LogP contribution is -2.65. The van der Waals surface area contributed by atoms with Crippen molar-refractivity contribution < 1.29 is 14.6 Å². The molecule has 2 heterocycles. The van der Waals surface area contributed by atoms with Gasteiger partial charge in [-0.05, 0) is 30.9 Å². The maximum Gasteiger partial charge on any atom is 0.227 e. The number of para-hydroxylation sites is 1. The Hall–Kier alpha value is -2.33. The van der Waals surface area contributed by atoms with Gasteiger partial charge >= 0.3 is 0 Å². The molecule has 1 N–H and O–H groups in total. The highest BCUT2D eigenvalue weighted by Crippen LogP contribution is 2.61. The Kier molecular flexibility index (Phi) is 3.41. The number of hydrogen-bond acceptors (Lipinski definition) is 3. The summed E-state index contributed by atoms with van der Waals surface area (Å²) in [6.45, 7) is 1.28. The molecule has 1 aliphatic carbocycles. The van der Waals surface area contributed by atoms with E-state index in [-0.39, 0.29) is 11.8 Å². The number of benzene rings is 2. The number of ether oxygens (including phenoxy) is 1. The second-order valence-corrected chi connectivity index (χ2v) is 7.79. The summed E-state index contributed by atoms with van der Waals surface area (Å²) in [6.07, 6.45) is 2.94. The maximum absolute atomic E-state index is 13.4. The van der Waals surface area contributed by atoms with E-state index in [4.69, 9.17) is 4.74 Å². The summed E-state index contributed by atoms with van der Waals surface area (Å²) >= 11 is 0. The summed E-state index contributed by atoms with van der Waals surface area (Å²) in [5, 5.41) is 11.4. The van der Waals surface area contributed by atoms with Crippen LogP contribution >= 0.6 is 0 Å². The van der Waals surface area contributed by atoms with Crippen LogP contribution in [0.15, 0.2) is 54.6 Å². The fraction of sp³-hybridized carbons (Fsp3) is 0.409. The lowest BCUT2D eigenvalue weighted by atomic mass is 9.56. The SMILES string of the molecule is O=C1[C@@H]2CCC[C@@]3(O)Oc4ccccc4[C@@]23CCN1Cc1ccccc1. The van der Waals surface area contributed by atoms with Gasteiger partial charge in [0, 0.05) is 25.1 Å². The third kappa shape index (κ3) is 2.02. The van der Waals surface area contributed by atoms with Crippen molar-refractivity contribution in [1.82, 2.24) is 4.90 Å². The number of likely N-dealkylation sites (tertiary alicyclic amines) is 1. The number of amides is 1. The minimum Gasteiger partial charge on any atom is -0.461 e. The summed E-state index contributed by atoms with van der Waals surface area (Å²) in [5.74, 6) is -0.583. The Morgan fingerprint density at radius 1 is 1.08 bits per heavy atom. The van der Waals surface area contributed by atoms with Crippen molar-refractivity contribution in [1.29, 1.82) is 0 Å². The average molecular weight is 349 g/mol. The highest BCUT2D eigenvalue weighted by Gasteiger charge is 2.67. The smallest absolute Gasteiger partial charge is 0.227 e. The second-order valence-electron chi connectivity index (χ2n) is 7.79. The Balaban J connectivity index is 1.53. The van der Waals surface area contributed by atoms with Gasteiger partial charge in [0.15, 0.2) is 0 Å². The van der Waals surface area contributed by atoms with Crippen molar-refractivity contribution in [2.45, 2.75) is 43.4 Å². The van der Waals surface area contributed by atoms with Crippen LogP contribution in [0.1, 0.15) is 36.8 Å². The van der Waals surface area contributed by atoms with Crippen molar-refractivity contribution in [2.75, 3.05) is 6.54 Å². The van der Waals surface area contributed by atoms with Crippen molar-refractivity contribution in [2.24, 2.45) is 5.92 Å². The van der Waals surface area contributed by atoms with Gasteiger partial charge in [-0.2, -0.15) is 0 Å². The molecule has 2 aromatic carbocycles. The molecular weight excluding hydrogens is 326 g/mol. The standard InChI is InChI=1S/C22H23NO3/c24-20-18-10-6-12-22(25)21(18,17-9-4-5-11-19(17)26-22)13-14-23(20)15-16-7-2-1-3-8-16/h1-5,7-9,11,18,25H,6,10,12-15H2/t18-,21-,22+/m0/s1. The molecule has 0 radical (unpaired) electrons. The maximum atomic E-state index is 13.4. The molecule has 3 aliphatic rings. The van der Waals surface area contributed by atoms with Gasteiger partial charge in [-0.15, -0.1) is 0 Å². The quantitative estimate of drug-likeness (QED) is 0.905. The number of aliphatic hydroxyl groups is 1. The van der Waals surface area contributed by atoms with Crippen molar-refractivity contribution in [3.63, 3.8) is 0 Å². The lowest BCUT2D eigenvalue weighted by molar-refractivity contribution is -0.221. The van der Waals surface area contributed by atoms with Crippen LogP contribution in [0.4, 0.5) is 0 Å². The van der Waals surface area contributed by atoms with Crippen LogP contribution < -0.4 is 4.74 Å². The number of piperidine rings is 1. The zero-order valence-electron chi connectivity index (χ0n) is 14.7. The fourth-order valence-corrected chi connectivity index (χ4v) is 5.37. The molecule has 134 valence electrons. The van der Waals surface area contributed by atoms with Gasteiger partial charge in [0.05, 0.1) is 11.3 Å². The van der Waals surface area contributed by atoms with Crippen molar-refractivity contribution in [3.8, 4) is 5.75 Å². The Bertz CT molecular complexity index is 851. The van der Waals surface area contributed by atoms with E-state index in [1.54, 1.807) is 0 Å². The number of rotatable bonds is 2. The zero-order valence-corrected chi connectivity index (χ0v) is 14.7. The molecular formula is C22H23NO3. The number of carbonyl (C=O) groups excluding carboxylic acids is 1. The molecule has 1 spiro atoms. The molecule has 0 bridgehead atoms. The Morgan fingerprint density at radius 3 is 2.69 bits per heavy atom. The summed E-state index contributed by atoms with van der Waals surface area (Å²) < 4.78 is 6.05. The molecule has 5 rings (SSSR count). The number of nitrogens with zero attached hydrogens (tertiary/aromatic N) is 1. The van der Waals surface area contributed by atoms with Crippen LogP contribution in [0.25, 0.3) is 0 Å². The first-order chi connectivity index (χ1) is 12.6. The van der Waals surface area contributed by atoms with Crippen LogP contribution in [0.2, 0.25) is 0 Å². The van der Waals surface area contributed by atoms with E-state index >= 15 is 0 Å². The molecule has 0 unspecified atom stereocenters. The molecule has 2 aromatic rings. The number of carbonyl (C=O) groups is 1. The first-order valence-electron chi connectivity index (χ1n) is 9.48. The summed E-state index contributed by atoms with van der Waals surface area (Å²) in [7, 11) is 0. The summed E-state index contributed by atoms with van der Waals surface area (Å²) in [6, 6.07) is 18.0. The van der Waals surface area contributed by atoms with E-state index in [1.807, 2.05) is 47.4 Å². The van der Waals surface area contributed by atoms with Crippen molar-refractivity contribution in [3.05, 3.63) is 65.7 Å². The molecule has 4 nitrogen and oxygen atoms in total. The summed E-state index contributed by atoms with van der Waals surface area (Å²) in [5.41, 5.74) is 1.55.